The first-order valence-corrected chi connectivity index (χ1v) is 10.3. The summed E-state index contributed by atoms with van der Waals surface area (Å²) in [5.41, 5.74) is 0.578. The summed E-state index contributed by atoms with van der Waals surface area (Å²) in [6.07, 6.45) is 3.94. The Labute approximate surface area is 168 Å². The van der Waals surface area contributed by atoms with Crippen LogP contribution in [0.5, 0.6) is 11.5 Å². The molecule has 1 N–H and O–H groups in total. The Bertz CT molecular complexity index is 982. The first kappa shape index (κ1) is 18.2. The van der Waals surface area contributed by atoms with Gasteiger partial charge in [0.1, 0.15) is 5.82 Å². The maximum absolute atomic E-state index is 12.6. The zero-order valence-corrected chi connectivity index (χ0v) is 16.3. The zero-order chi connectivity index (χ0) is 19.8. The molecule has 1 aromatic heterocycles. The van der Waals surface area contributed by atoms with Gasteiger partial charge in [-0.1, -0.05) is 0 Å². The molecule has 5 rings (SSSR count). The van der Waals surface area contributed by atoms with Crippen LogP contribution in [0.15, 0.2) is 23.0 Å². The van der Waals surface area contributed by atoms with Gasteiger partial charge in [0.15, 0.2) is 11.5 Å². The average Bonchev–Trinajstić information content (AvgIpc) is 3.45. The highest BCUT2D eigenvalue weighted by atomic mass is 16.7. The Morgan fingerprint density at radius 2 is 2.07 bits per heavy atom. The number of carbonyl (C=O) groups is 1. The summed E-state index contributed by atoms with van der Waals surface area (Å²) in [6, 6.07) is 5.33. The fourth-order valence-electron chi connectivity index (χ4n) is 4.29. The number of benzene rings is 1. The van der Waals surface area contributed by atoms with Gasteiger partial charge in [-0.3, -0.25) is 14.3 Å². The van der Waals surface area contributed by atoms with Crippen molar-refractivity contribution >= 4 is 5.91 Å². The van der Waals surface area contributed by atoms with E-state index in [0.29, 0.717) is 23.6 Å². The lowest BCUT2D eigenvalue weighted by Gasteiger charge is -2.16. The van der Waals surface area contributed by atoms with Crippen molar-refractivity contribution in [1.82, 2.24) is 24.6 Å². The summed E-state index contributed by atoms with van der Waals surface area (Å²) < 4.78 is 14.0. The van der Waals surface area contributed by atoms with Crippen LogP contribution in [0.3, 0.4) is 0 Å². The van der Waals surface area contributed by atoms with Crippen molar-refractivity contribution in [3.8, 4) is 11.5 Å². The van der Waals surface area contributed by atoms with Crippen LogP contribution in [0.2, 0.25) is 0 Å². The van der Waals surface area contributed by atoms with E-state index in [1.807, 2.05) is 4.57 Å². The molecule has 1 saturated heterocycles. The summed E-state index contributed by atoms with van der Waals surface area (Å²) in [4.78, 5) is 27.3. The number of nitrogens with one attached hydrogen (secondary N) is 1. The number of aromatic nitrogens is 3. The van der Waals surface area contributed by atoms with Gasteiger partial charge in [0.2, 0.25) is 6.79 Å². The lowest BCUT2D eigenvalue weighted by atomic mass is 10.1. The average molecular weight is 399 g/mol. The van der Waals surface area contributed by atoms with Crippen molar-refractivity contribution in [2.45, 2.75) is 44.8 Å². The van der Waals surface area contributed by atoms with Crippen LogP contribution < -0.4 is 20.5 Å². The highest BCUT2D eigenvalue weighted by Crippen LogP contribution is 2.32. The summed E-state index contributed by atoms with van der Waals surface area (Å²) in [6.45, 7) is 3.99. The van der Waals surface area contributed by atoms with Gasteiger partial charge in [-0.05, 0) is 37.5 Å². The highest BCUT2D eigenvalue weighted by Gasteiger charge is 2.25. The van der Waals surface area contributed by atoms with Crippen LogP contribution in [0.25, 0.3) is 0 Å². The van der Waals surface area contributed by atoms with E-state index in [1.165, 1.54) is 0 Å². The van der Waals surface area contributed by atoms with Crippen LogP contribution in [0.4, 0.5) is 0 Å². The molecule has 3 aliphatic heterocycles. The number of likely N-dealkylation sites (tertiary alicyclic amines) is 1. The van der Waals surface area contributed by atoms with Crippen molar-refractivity contribution in [3.05, 3.63) is 40.1 Å². The number of aryl methyl sites for hydroxylation is 1. The Kier molecular flexibility index (Phi) is 4.75. The van der Waals surface area contributed by atoms with E-state index in [2.05, 4.69) is 15.3 Å². The minimum absolute atomic E-state index is 0.00607. The molecule has 1 aromatic carbocycles. The highest BCUT2D eigenvalue weighted by molar-refractivity contribution is 5.95. The Hall–Kier alpha value is -2.81. The molecule has 4 heterocycles. The van der Waals surface area contributed by atoms with Gasteiger partial charge < -0.3 is 14.8 Å². The van der Waals surface area contributed by atoms with Gasteiger partial charge in [-0.2, -0.15) is 5.10 Å². The normalized spacial score (nSPS) is 20.6. The molecule has 2 aromatic rings. The van der Waals surface area contributed by atoms with Crippen molar-refractivity contribution in [3.63, 3.8) is 0 Å². The number of rotatable bonds is 5. The molecule has 154 valence electrons. The molecule has 1 fully saturated rings. The van der Waals surface area contributed by atoms with E-state index in [0.717, 1.165) is 57.7 Å². The van der Waals surface area contributed by atoms with Crippen LogP contribution in [0, 0.1) is 0 Å². The standard InChI is InChI=1S/C20H25N5O4/c26-19(14-4-5-16-17(11-14)29-13-28-16)21-15-6-8-23(12-15)9-10-25-20(27)24-7-2-1-3-18(24)22-25/h4-5,11,15H,1-3,6-10,12-13H2,(H,21,26). The summed E-state index contributed by atoms with van der Waals surface area (Å²) in [7, 11) is 0. The van der Waals surface area contributed by atoms with Gasteiger partial charge in [0, 0.05) is 44.2 Å². The lowest BCUT2D eigenvalue weighted by Crippen LogP contribution is -2.38. The minimum atomic E-state index is -0.104. The lowest BCUT2D eigenvalue weighted by molar-refractivity contribution is 0.0937. The van der Waals surface area contributed by atoms with Gasteiger partial charge >= 0.3 is 5.69 Å². The molecule has 0 bridgehead atoms. The third kappa shape index (κ3) is 3.62. The zero-order valence-electron chi connectivity index (χ0n) is 16.3. The smallest absolute Gasteiger partial charge is 0.345 e. The first-order valence-electron chi connectivity index (χ1n) is 10.3. The fraction of sp³-hybridized carbons (Fsp3) is 0.550. The SMILES string of the molecule is O=C(NC1CCN(CCn2nc3n(c2=O)CCCC3)C1)c1ccc2c(c1)OCO2. The van der Waals surface area contributed by atoms with E-state index in [4.69, 9.17) is 9.47 Å². The Morgan fingerprint density at radius 1 is 1.17 bits per heavy atom. The molecular weight excluding hydrogens is 374 g/mol. The quantitative estimate of drug-likeness (QED) is 0.793. The van der Waals surface area contributed by atoms with Crippen LogP contribution in [-0.2, 0) is 19.5 Å². The summed E-state index contributed by atoms with van der Waals surface area (Å²) in [5.74, 6) is 2.09. The molecule has 9 heteroatoms. The molecule has 9 nitrogen and oxygen atoms in total. The van der Waals surface area contributed by atoms with Gasteiger partial charge in [0.25, 0.3) is 5.91 Å². The van der Waals surface area contributed by atoms with Crippen LogP contribution in [0.1, 0.15) is 35.4 Å². The molecule has 1 amide bonds. The first-order chi connectivity index (χ1) is 14.2. The molecule has 3 aliphatic rings. The molecule has 29 heavy (non-hydrogen) atoms. The van der Waals surface area contributed by atoms with E-state index in [-0.39, 0.29) is 24.4 Å². The third-order valence-corrected chi connectivity index (χ3v) is 5.90. The van der Waals surface area contributed by atoms with Gasteiger partial charge in [-0.25, -0.2) is 9.48 Å². The maximum atomic E-state index is 12.6. The van der Waals surface area contributed by atoms with Crippen molar-refractivity contribution < 1.29 is 14.3 Å². The number of ether oxygens (including phenoxy) is 2. The maximum Gasteiger partial charge on any atom is 0.345 e. The number of carbonyl (C=O) groups excluding carboxylic acids is 1. The van der Waals surface area contributed by atoms with E-state index in [9.17, 15) is 9.59 Å². The fourth-order valence-corrected chi connectivity index (χ4v) is 4.29. The largest absolute Gasteiger partial charge is 0.454 e. The van der Waals surface area contributed by atoms with E-state index < -0.39 is 0 Å². The molecule has 0 saturated carbocycles. The van der Waals surface area contributed by atoms with Crippen LogP contribution >= 0.6 is 0 Å². The Balaban J connectivity index is 1.14. The van der Waals surface area contributed by atoms with Crippen molar-refractivity contribution in [2.24, 2.45) is 0 Å². The predicted octanol–water partition coefficient (Wildman–Crippen LogP) is 0.614. The topological polar surface area (TPSA) is 90.6 Å². The Morgan fingerprint density at radius 3 is 2.97 bits per heavy atom. The minimum Gasteiger partial charge on any atom is -0.454 e. The molecule has 1 atom stereocenters. The summed E-state index contributed by atoms with van der Waals surface area (Å²) >= 11 is 0. The summed E-state index contributed by atoms with van der Waals surface area (Å²) in [5, 5.41) is 7.60. The van der Waals surface area contributed by atoms with E-state index >= 15 is 0 Å². The number of amides is 1. The molecule has 0 spiro atoms. The van der Waals surface area contributed by atoms with Crippen LogP contribution in [-0.4, -0.2) is 57.6 Å². The monoisotopic (exact) mass is 399 g/mol. The molecule has 1 unspecified atom stereocenters. The molecule has 0 aliphatic carbocycles. The number of hydrogen-bond acceptors (Lipinski definition) is 6. The number of fused-ring (bicyclic) bond motifs is 2. The van der Waals surface area contributed by atoms with Crippen molar-refractivity contribution in [2.75, 3.05) is 26.4 Å². The second-order valence-electron chi connectivity index (χ2n) is 7.86. The van der Waals surface area contributed by atoms with Gasteiger partial charge in [-0.15, -0.1) is 0 Å². The third-order valence-electron chi connectivity index (χ3n) is 5.90. The van der Waals surface area contributed by atoms with Gasteiger partial charge in [0.05, 0.1) is 6.54 Å². The van der Waals surface area contributed by atoms with Crippen molar-refractivity contribution in [1.29, 1.82) is 0 Å². The second-order valence-corrected chi connectivity index (χ2v) is 7.86. The van der Waals surface area contributed by atoms with E-state index in [1.54, 1.807) is 22.9 Å². The number of hydrogen-bond donors (Lipinski definition) is 1. The molecular formula is C20H25N5O4. The second kappa shape index (κ2) is 7.55. The predicted molar refractivity (Wildman–Crippen MR) is 104 cm³/mol. The molecule has 0 radical (unpaired) electrons. The number of nitrogens with zero attached hydrogens (tertiary/aromatic N) is 4.